The second-order valence-corrected chi connectivity index (χ2v) is 9.71. The summed E-state index contributed by atoms with van der Waals surface area (Å²) in [6.45, 7) is 7.48. The normalized spacial score (nSPS) is 18.7. The Bertz CT molecular complexity index is 1470. The minimum atomic E-state index is -0.443. The molecule has 0 fully saturated rings. The van der Waals surface area contributed by atoms with Gasteiger partial charge in [0.15, 0.2) is 6.79 Å². The van der Waals surface area contributed by atoms with Crippen molar-refractivity contribution in [3.05, 3.63) is 79.0 Å². The Morgan fingerprint density at radius 1 is 1.19 bits per heavy atom. The van der Waals surface area contributed by atoms with Gasteiger partial charge in [-0.1, -0.05) is 32.0 Å². The topological polar surface area (TPSA) is 72.8 Å². The molecule has 5 rings (SSSR count). The van der Waals surface area contributed by atoms with Gasteiger partial charge in [-0.05, 0) is 56.4 Å². The van der Waals surface area contributed by atoms with Crippen LogP contribution in [0.15, 0.2) is 47.3 Å². The zero-order chi connectivity index (χ0) is 25.2. The highest BCUT2D eigenvalue weighted by atomic mass is 32.1. The monoisotopic (exact) mass is 509 g/mol. The van der Waals surface area contributed by atoms with E-state index < -0.39 is 11.9 Å². The third kappa shape index (κ3) is 4.61. The molecule has 1 unspecified atom stereocenters. The Balaban J connectivity index is 1.65. The van der Waals surface area contributed by atoms with Gasteiger partial charge in [-0.25, -0.2) is 4.39 Å². The molecule has 0 spiro atoms. The number of rotatable bonds is 7. The Kier molecular flexibility index (Phi) is 7.04. The van der Waals surface area contributed by atoms with Crippen LogP contribution in [0.4, 0.5) is 10.1 Å². The molecule has 2 aliphatic rings. The second kappa shape index (κ2) is 10.4. The van der Waals surface area contributed by atoms with Crippen molar-refractivity contribution >= 4 is 34.6 Å². The van der Waals surface area contributed by atoms with Crippen molar-refractivity contribution in [2.24, 2.45) is 0 Å². The highest BCUT2D eigenvalue weighted by Crippen LogP contribution is 2.33. The van der Waals surface area contributed by atoms with Crippen molar-refractivity contribution in [3.63, 3.8) is 0 Å². The molecule has 1 amide bonds. The van der Waals surface area contributed by atoms with Crippen LogP contribution < -0.4 is 24.8 Å². The average molecular weight is 510 g/mol. The van der Waals surface area contributed by atoms with Crippen LogP contribution in [0, 0.1) is 5.82 Å². The summed E-state index contributed by atoms with van der Waals surface area (Å²) in [4.78, 5) is 29.0. The predicted molar refractivity (Wildman–Crippen MR) is 138 cm³/mol. The number of amides is 1. The van der Waals surface area contributed by atoms with Crippen LogP contribution in [0.25, 0.3) is 11.6 Å². The van der Waals surface area contributed by atoms with Gasteiger partial charge >= 0.3 is 0 Å². The number of benzene rings is 2. The summed E-state index contributed by atoms with van der Waals surface area (Å²) >= 11 is 1.26. The van der Waals surface area contributed by atoms with Gasteiger partial charge in [0.25, 0.3) is 11.5 Å². The predicted octanol–water partition coefficient (Wildman–Crippen LogP) is 2.82. The summed E-state index contributed by atoms with van der Waals surface area (Å²) < 4.78 is 27.9. The molecule has 2 aromatic carbocycles. The molecule has 0 aliphatic carbocycles. The van der Waals surface area contributed by atoms with Gasteiger partial charge in [0.1, 0.15) is 22.3 Å². The van der Waals surface area contributed by atoms with E-state index in [1.54, 1.807) is 16.7 Å². The first kappa shape index (κ1) is 24.4. The SMILES string of the molecule is CCN(CC)CCCn1c(=O)/c(=C\C2OCOc3ccccc32)s/c1=C1/C(=O)Nc2cc(F)ccc21. The van der Waals surface area contributed by atoms with Crippen LogP contribution in [0.2, 0.25) is 0 Å². The molecule has 3 aromatic rings. The number of ether oxygens (including phenoxy) is 2. The molecule has 9 heteroatoms. The third-order valence-electron chi connectivity index (χ3n) is 6.59. The zero-order valence-corrected chi connectivity index (χ0v) is 21.1. The minimum Gasteiger partial charge on any atom is -0.467 e. The molecule has 0 bridgehead atoms. The van der Waals surface area contributed by atoms with E-state index in [4.69, 9.17) is 9.47 Å². The Morgan fingerprint density at radius 3 is 2.81 bits per heavy atom. The number of thiazole rings is 1. The van der Waals surface area contributed by atoms with E-state index in [2.05, 4.69) is 24.1 Å². The van der Waals surface area contributed by atoms with Gasteiger partial charge in [0.2, 0.25) is 0 Å². The van der Waals surface area contributed by atoms with Gasteiger partial charge in [-0.2, -0.15) is 0 Å². The number of para-hydroxylation sites is 1. The number of hydrogen-bond donors (Lipinski definition) is 1. The first-order chi connectivity index (χ1) is 17.5. The smallest absolute Gasteiger partial charge is 0.268 e. The number of fused-ring (bicyclic) bond motifs is 2. The summed E-state index contributed by atoms with van der Waals surface area (Å²) in [6.07, 6.45) is 2.12. The summed E-state index contributed by atoms with van der Waals surface area (Å²) in [5, 5.41) is 2.75. The Labute approximate surface area is 212 Å². The van der Waals surface area contributed by atoms with Crippen molar-refractivity contribution in [1.29, 1.82) is 0 Å². The van der Waals surface area contributed by atoms with Gasteiger partial charge in [-0.3, -0.25) is 14.2 Å². The molecule has 1 N–H and O–H groups in total. The molecule has 2 aliphatic heterocycles. The van der Waals surface area contributed by atoms with Gasteiger partial charge < -0.3 is 19.7 Å². The molecule has 0 saturated heterocycles. The lowest BCUT2D eigenvalue weighted by Gasteiger charge is -2.23. The number of nitrogens with one attached hydrogen (secondary N) is 1. The first-order valence-corrected chi connectivity index (χ1v) is 12.9. The first-order valence-electron chi connectivity index (χ1n) is 12.1. The number of carbonyl (C=O) groups excluding carboxylic acids is 1. The lowest BCUT2D eigenvalue weighted by Crippen LogP contribution is -2.35. The number of hydrogen-bond acceptors (Lipinski definition) is 6. The molecule has 36 heavy (non-hydrogen) atoms. The molecule has 1 aromatic heterocycles. The van der Waals surface area contributed by atoms with Gasteiger partial charge in [0, 0.05) is 17.7 Å². The van der Waals surface area contributed by atoms with Crippen LogP contribution in [-0.4, -0.2) is 41.8 Å². The maximum Gasteiger partial charge on any atom is 0.268 e. The maximum absolute atomic E-state index is 13.8. The fraction of sp³-hybridized carbons (Fsp3) is 0.333. The lowest BCUT2D eigenvalue weighted by atomic mass is 10.1. The van der Waals surface area contributed by atoms with Crippen LogP contribution in [0.3, 0.4) is 0 Å². The molecular formula is C27H28FN3O4S. The van der Waals surface area contributed by atoms with Crippen LogP contribution >= 0.6 is 11.3 Å². The molecule has 188 valence electrons. The quantitative estimate of drug-likeness (QED) is 0.531. The fourth-order valence-corrected chi connectivity index (χ4v) is 5.84. The molecule has 0 saturated carbocycles. The zero-order valence-electron chi connectivity index (χ0n) is 20.3. The summed E-state index contributed by atoms with van der Waals surface area (Å²) in [7, 11) is 0. The van der Waals surface area contributed by atoms with E-state index in [0.717, 1.165) is 37.4 Å². The number of anilines is 1. The van der Waals surface area contributed by atoms with Crippen molar-refractivity contribution in [1.82, 2.24) is 9.47 Å². The number of halogens is 1. The minimum absolute atomic E-state index is 0.0905. The standard InChI is InChI=1S/C27H28FN3O4S/c1-3-30(4-2)12-7-13-31-26(33)23(15-22-19-8-5-6-9-21(19)34-16-35-22)36-27(31)24-18-11-10-17(28)14-20(18)29-25(24)32/h5-6,8-11,14-15,22H,3-4,7,12-13,16H2,1-2H3,(H,29,32)/b23-15+,27-24+. The highest BCUT2D eigenvalue weighted by Gasteiger charge is 2.28. The van der Waals surface area contributed by atoms with E-state index in [0.29, 0.717) is 32.6 Å². The number of aromatic nitrogens is 1. The van der Waals surface area contributed by atoms with Crippen molar-refractivity contribution < 1.29 is 18.7 Å². The van der Waals surface area contributed by atoms with E-state index in [-0.39, 0.29) is 18.3 Å². The maximum atomic E-state index is 13.8. The molecule has 3 heterocycles. The summed E-state index contributed by atoms with van der Waals surface area (Å²) in [6, 6.07) is 11.8. The molecule has 1 atom stereocenters. The fourth-order valence-electron chi connectivity index (χ4n) is 4.66. The number of carbonyl (C=O) groups is 1. The summed E-state index contributed by atoms with van der Waals surface area (Å²) in [5.74, 6) is -0.0437. The Morgan fingerprint density at radius 2 is 2.00 bits per heavy atom. The van der Waals surface area contributed by atoms with Crippen molar-refractivity contribution in [2.75, 3.05) is 31.7 Å². The second-order valence-electron chi connectivity index (χ2n) is 8.68. The molecular weight excluding hydrogens is 481 g/mol. The van der Waals surface area contributed by atoms with Gasteiger partial charge in [-0.15, -0.1) is 11.3 Å². The van der Waals surface area contributed by atoms with E-state index in [1.807, 2.05) is 24.3 Å². The third-order valence-corrected chi connectivity index (χ3v) is 7.74. The van der Waals surface area contributed by atoms with Crippen molar-refractivity contribution in [2.45, 2.75) is 32.9 Å². The molecule has 7 nitrogen and oxygen atoms in total. The largest absolute Gasteiger partial charge is 0.467 e. The van der Waals surface area contributed by atoms with Crippen LogP contribution in [-0.2, 0) is 16.1 Å². The number of nitrogens with zero attached hydrogens (tertiary/aromatic N) is 2. The Hall–Kier alpha value is -3.27. The lowest BCUT2D eigenvalue weighted by molar-refractivity contribution is -0.110. The van der Waals surface area contributed by atoms with E-state index >= 15 is 0 Å². The highest BCUT2D eigenvalue weighted by molar-refractivity contribution is 7.07. The average Bonchev–Trinajstić information content (AvgIpc) is 3.36. The van der Waals surface area contributed by atoms with Gasteiger partial charge in [0.05, 0.1) is 15.8 Å². The van der Waals surface area contributed by atoms with E-state index in [9.17, 15) is 14.0 Å². The molecule has 0 radical (unpaired) electrons. The summed E-state index contributed by atoms with van der Waals surface area (Å²) in [5.41, 5.74) is 2.08. The van der Waals surface area contributed by atoms with Crippen LogP contribution in [0.1, 0.15) is 37.5 Å². The van der Waals surface area contributed by atoms with E-state index in [1.165, 1.54) is 23.5 Å². The van der Waals surface area contributed by atoms with Crippen molar-refractivity contribution in [3.8, 4) is 5.75 Å². The van der Waals surface area contributed by atoms with Crippen LogP contribution in [0.5, 0.6) is 5.75 Å².